The zero-order valence-corrected chi connectivity index (χ0v) is 5.70. The van der Waals surface area contributed by atoms with E-state index in [-0.39, 0.29) is 0 Å². The summed E-state index contributed by atoms with van der Waals surface area (Å²) in [5.41, 5.74) is 0.753. The molecule has 0 spiro atoms. The van der Waals surface area contributed by atoms with E-state index < -0.39 is 0 Å². The molecule has 0 N–H and O–H groups in total. The van der Waals surface area contributed by atoms with Gasteiger partial charge in [0.25, 0.3) is 0 Å². The van der Waals surface area contributed by atoms with Gasteiger partial charge in [0.2, 0.25) is 11.9 Å². The molecule has 5 heteroatoms. The smallest absolute Gasteiger partial charge is 0.242 e. The molecule has 0 saturated heterocycles. The monoisotopic (exact) mass is 138 g/mol. The van der Waals surface area contributed by atoms with Crippen molar-refractivity contribution in [2.75, 3.05) is 0 Å². The molecule has 5 nitrogen and oxygen atoms in total. The molecule has 0 fully saturated rings. The van der Waals surface area contributed by atoms with E-state index in [9.17, 15) is 4.79 Å². The van der Waals surface area contributed by atoms with Crippen LogP contribution in [0.1, 0.15) is 5.69 Å². The van der Waals surface area contributed by atoms with Crippen LogP contribution in [-0.2, 0) is 11.8 Å². The quantitative estimate of drug-likeness (QED) is 0.408. The predicted molar refractivity (Wildman–Crippen MR) is 33.5 cm³/mol. The molecule has 0 radical (unpaired) electrons. The van der Waals surface area contributed by atoms with E-state index in [0.717, 1.165) is 5.69 Å². The van der Waals surface area contributed by atoms with Crippen molar-refractivity contribution in [1.82, 2.24) is 15.0 Å². The number of aryl methyl sites for hydroxylation is 1. The van der Waals surface area contributed by atoms with E-state index in [2.05, 4.69) is 15.3 Å². The summed E-state index contributed by atoms with van der Waals surface area (Å²) in [5, 5.41) is 7.22. The van der Waals surface area contributed by atoms with Gasteiger partial charge < -0.3 is 0 Å². The number of aromatic nitrogens is 3. The molecular formula is C5H6N4O. The standard InChI is InChI=1S/C5H6N4O/c1-4-5(6-3-10)7-8-9(4)2/h1-2H3. The van der Waals surface area contributed by atoms with Gasteiger partial charge in [-0.25, -0.2) is 4.79 Å². The minimum absolute atomic E-state index is 0.331. The number of isocyanates is 1. The number of aliphatic imine (C=N–C) groups is 1. The van der Waals surface area contributed by atoms with Crippen LogP contribution in [0.2, 0.25) is 0 Å². The second kappa shape index (κ2) is 2.41. The van der Waals surface area contributed by atoms with Gasteiger partial charge in [0.05, 0.1) is 5.69 Å². The summed E-state index contributed by atoms with van der Waals surface area (Å²) < 4.78 is 1.54. The lowest BCUT2D eigenvalue weighted by Gasteiger charge is -1.87. The fourth-order valence-electron chi connectivity index (χ4n) is 0.540. The fraction of sp³-hybridized carbons (Fsp3) is 0.400. The number of hydrogen-bond acceptors (Lipinski definition) is 4. The van der Waals surface area contributed by atoms with E-state index in [4.69, 9.17) is 0 Å². The lowest BCUT2D eigenvalue weighted by molar-refractivity contribution is 0.565. The SMILES string of the molecule is Cc1c(N=C=O)nnn1C. The van der Waals surface area contributed by atoms with Crippen LogP contribution in [0.3, 0.4) is 0 Å². The number of rotatable bonds is 1. The Balaban J connectivity index is 3.17. The van der Waals surface area contributed by atoms with Gasteiger partial charge in [-0.05, 0) is 6.92 Å². The minimum atomic E-state index is 0.331. The summed E-state index contributed by atoms with van der Waals surface area (Å²) in [6.07, 6.45) is 1.40. The van der Waals surface area contributed by atoms with Crippen LogP contribution < -0.4 is 0 Å². The van der Waals surface area contributed by atoms with Crippen molar-refractivity contribution < 1.29 is 4.79 Å². The van der Waals surface area contributed by atoms with Crippen LogP contribution in [0.4, 0.5) is 5.82 Å². The fourth-order valence-corrected chi connectivity index (χ4v) is 0.540. The molecule has 0 amide bonds. The molecule has 0 aromatic carbocycles. The first-order chi connectivity index (χ1) is 4.75. The molecule has 0 unspecified atom stereocenters. The first-order valence-electron chi connectivity index (χ1n) is 2.70. The van der Waals surface area contributed by atoms with Gasteiger partial charge in [0, 0.05) is 7.05 Å². The molecule has 0 atom stereocenters. The molecule has 0 aliphatic rings. The molecule has 0 saturated carbocycles. The molecule has 0 aliphatic heterocycles. The third-order valence-corrected chi connectivity index (χ3v) is 1.23. The average Bonchev–Trinajstić information content (AvgIpc) is 2.20. The summed E-state index contributed by atoms with van der Waals surface area (Å²) in [7, 11) is 1.73. The van der Waals surface area contributed by atoms with Crippen molar-refractivity contribution in [1.29, 1.82) is 0 Å². The average molecular weight is 138 g/mol. The Morgan fingerprint density at radius 1 is 1.70 bits per heavy atom. The summed E-state index contributed by atoms with van der Waals surface area (Å²) in [6.45, 7) is 1.77. The second-order valence-corrected chi connectivity index (χ2v) is 1.83. The number of nitrogens with zero attached hydrogens (tertiary/aromatic N) is 4. The van der Waals surface area contributed by atoms with Crippen molar-refractivity contribution in [3.8, 4) is 0 Å². The van der Waals surface area contributed by atoms with Gasteiger partial charge in [-0.15, -0.1) is 10.1 Å². The van der Waals surface area contributed by atoms with Gasteiger partial charge in [0.15, 0.2) is 0 Å². The lowest BCUT2D eigenvalue weighted by atomic mass is 10.5. The van der Waals surface area contributed by atoms with Crippen molar-refractivity contribution in [2.24, 2.45) is 12.0 Å². The predicted octanol–water partition coefficient (Wildman–Crippen LogP) is 0.0908. The van der Waals surface area contributed by atoms with Crippen LogP contribution in [0, 0.1) is 6.92 Å². The van der Waals surface area contributed by atoms with E-state index in [1.807, 2.05) is 0 Å². The maximum atomic E-state index is 9.77. The Morgan fingerprint density at radius 3 is 2.80 bits per heavy atom. The van der Waals surface area contributed by atoms with Crippen molar-refractivity contribution in [3.05, 3.63) is 5.69 Å². The third-order valence-electron chi connectivity index (χ3n) is 1.23. The van der Waals surface area contributed by atoms with Crippen molar-refractivity contribution >= 4 is 11.9 Å². The zero-order valence-electron chi connectivity index (χ0n) is 5.70. The largest absolute Gasteiger partial charge is 0.250 e. The zero-order chi connectivity index (χ0) is 7.56. The van der Waals surface area contributed by atoms with Crippen molar-refractivity contribution in [3.63, 3.8) is 0 Å². The molecule has 1 aromatic rings. The van der Waals surface area contributed by atoms with E-state index in [1.54, 1.807) is 14.0 Å². The number of hydrogen-bond donors (Lipinski definition) is 0. The topological polar surface area (TPSA) is 60.1 Å². The molecule has 1 heterocycles. The highest BCUT2D eigenvalue weighted by Gasteiger charge is 2.01. The normalized spacial score (nSPS) is 9.00. The Hall–Kier alpha value is -1.48. The summed E-state index contributed by atoms with van der Waals surface area (Å²) >= 11 is 0. The molecule has 1 aromatic heterocycles. The maximum Gasteiger partial charge on any atom is 0.242 e. The van der Waals surface area contributed by atoms with Gasteiger partial charge in [-0.3, -0.25) is 4.68 Å². The molecule has 10 heavy (non-hydrogen) atoms. The van der Waals surface area contributed by atoms with E-state index in [1.165, 1.54) is 10.8 Å². The van der Waals surface area contributed by atoms with E-state index >= 15 is 0 Å². The third kappa shape index (κ3) is 0.942. The van der Waals surface area contributed by atoms with Crippen LogP contribution in [0.25, 0.3) is 0 Å². The summed E-state index contributed by atoms with van der Waals surface area (Å²) in [6, 6.07) is 0. The van der Waals surface area contributed by atoms with Gasteiger partial charge in [-0.2, -0.15) is 0 Å². The second-order valence-electron chi connectivity index (χ2n) is 1.83. The van der Waals surface area contributed by atoms with Gasteiger partial charge in [0.1, 0.15) is 0 Å². The summed E-state index contributed by atoms with van der Waals surface area (Å²) in [4.78, 5) is 13.1. The Labute approximate surface area is 57.4 Å². The summed E-state index contributed by atoms with van der Waals surface area (Å²) in [5.74, 6) is 0.331. The molecule has 1 rings (SSSR count). The van der Waals surface area contributed by atoms with Gasteiger partial charge in [-0.1, -0.05) is 5.21 Å². The molecular weight excluding hydrogens is 132 g/mol. The van der Waals surface area contributed by atoms with Crippen LogP contribution in [-0.4, -0.2) is 21.1 Å². The minimum Gasteiger partial charge on any atom is -0.250 e. The van der Waals surface area contributed by atoms with Crippen LogP contribution in [0.5, 0.6) is 0 Å². The van der Waals surface area contributed by atoms with Crippen molar-refractivity contribution in [2.45, 2.75) is 6.92 Å². The molecule has 0 aliphatic carbocycles. The molecule has 52 valence electrons. The van der Waals surface area contributed by atoms with Crippen LogP contribution >= 0.6 is 0 Å². The van der Waals surface area contributed by atoms with Gasteiger partial charge >= 0.3 is 0 Å². The van der Waals surface area contributed by atoms with Crippen LogP contribution in [0.15, 0.2) is 4.99 Å². The molecule has 0 bridgehead atoms. The highest BCUT2D eigenvalue weighted by Crippen LogP contribution is 2.10. The highest BCUT2D eigenvalue weighted by atomic mass is 16.1. The lowest BCUT2D eigenvalue weighted by Crippen LogP contribution is -1.91. The Kier molecular flexibility index (Phi) is 1.60. The Bertz CT molecular complexity index is 284. The van der Waals surface area contributed by atoms with E-state index in [0.29, 0.717) is 5.82 Å². The highest BCUT2D eigenvalue weighted by molar-refractivity contribution is 5.45. The first kappa shape index (κ1) is 6.64. The number of carbonyl (C=O) groups excluding carboxylic acids is 1. The first-order valence-corrected chi connectivity index (χ1v) is 2.70. The maximum absolute atomic E-state index is 9.77. The Morgan fingerprint density at radius 2 is 2.40 bits per heavy atom.